The topological polar surface area (TPSA) is 51.8 Å². The number of ether oxygens (including phenoxy) is 2. The van der Waals surface area contributed by atoms with Gasteiger partial charge in [-0.3, -0.25) is 0 Å². The molecule has 2 heterocycles. The van der Waals surface area contributed by atoms with E-state index in [1.807, 2.05) is 26.8 Å². The molecule has 4 nitrogen and oxygen atoms in total. The Morgan fingerprint density at radius 1 is 1.23 bits per heavy atom. The molecule has 2 rings (SSSR count). The lowest BCUT2D eigenvalue weighted by atomic mass is 9.85. The number of aliphatic hydroxyl groups is 1. The number of furan rings is 1. The number of rotatable bonds is 5. The number of allylic oxidation sites excluding steroid dienone is 1. The summed E-state index contributed by atoms with van der Waals surface area (Å²) in [5.41, 5.74) is 1.31. The fraction of sp³-hybridized carbons (Fsp3) is 0.667. The normalized spacial score (nSPS) is 31.0. The Hall–Kier alpha value is -1.10. The van der Waals surface area contributed by atoms with E-state index in [0.29, 0.717) is 6.42 Å². The Kier molecular flexibility index (Phi) is 5.15. The maximum Gasteiger partial charge on any atom is 0.163 e. The second kappa shape index (κ2) is 6.57. The van der Waals surface area contributed by atoms with Crippen LogP contribution in [-0.2, 0) is 15.9 Å². The van der Waals surface area contributed by atoms with Gasteiger partial charge in [0.1, 0.15) is 5.60 Å². The van der Waals surface area contributed by atoms with E-state index < -0.39 is 11.4 Å². The van der Waals surface area contributed by atoms with Crippen molar-refractivity contribution in [3.8, 4) is 0 Å². The first-order valence-electron chi connectivity index (χ1n) is 7.93. The zero-order chi connectivity index (χ0) is 16.4. The predicted octanol–water partition coefficient (Wildman–Crippen LogP) is 3.84. The van der Waals surface area contributed by atoms with Crippen molar-refractivity contribution in [2.24, 2.45) is 0 Å². The third-order valence-electron chi connectivity index (χ3n) is 4.17. The first-order chi connectivity index (χ1) is 10.2. The molecule has 0 aliphatic carbocycles. The largest absolute Gasteiger partial charge is 0.472 e. The summed E-state index contributed by atoms with van der Waals surface area (Å²) in [6.07, 6.45) is 7.17. The van der Waals surface area contributed by atoms with Gasteiger partial charge >= 0.3 is 0 Å². The first-order valence-corrected chi connectivity index (χ1v) is 7.93. The molecule has 0 radical (unpaired) electrons. The molecule has 1 aliphatic rings. The van der Waals surface area contributed by atoms with Gasteiger partial charge in [-0.05, 0) is 65.5 Å². The quantitative estimate of drug-likeness (QED) is 0.840. The van der Waals surface area contributed by atoms with Crippen molar-refractivity contribution < 1.29 is 19.0 Å². The SMILES string of the molecule is CC(C)=CC[C@H]1OC(C)(C)O[C@H](CCc2ccoc2)[C@@]1(C)O. The van der Waals surface area contributed by atoms with Crippen LogP contribution in [0.3, 0.4) is 0 Å². The molecule has 1 N–H and O–H groups in total. The zero-order valence-electron chi connectivity index (χ0n) is 14.3. The monoisotopic (exact) mass is 308 g/mol. The van der Waals surface area contributed by atoms with Crippen LogP contribution in [0, 0.1) is 0 Å². The molecule has 0 unspecified atom stereocenters. The zero-order valence-corrected chi connectivity index (χ0v) is 14.3. The summed E-state index contributed by atoms with van der Waals surface area (Å²) in [6.45, 7) is 9.72. The van der Waals surface area contributed by atoms with Gasteiger partial charge < -0.3 is 19.0 Å². The van der Waals surface area contributed by atoms with Crippen molar-refractivity contribution >= 4 is 0 Å². The maximum atomic E-state index is 11.0. The Balaban J connectivity index is 2.10. The molecular weight excluding hydrogens is 280 g/mol. The molecule has 0 amide bonds. The summed E-state index contributed by atoms with van der Waals surface area (Å²) < 4.78 is 17.1. The lowest BCUT2D eigenvalue weighted by Gasteiger charge is -2.49. The van der Waals surface area contributed by atoms with Gasteiger partial charge in [0.15, 0.2) is 5.79 Å². The van der Waals surface area contributed by atoms with Crippen LogP contribution in [0.2, 0.25) is 0 Å². The van der Waals surface area contributed by atoms with E-state index in [1.54, 1.807) is 12.5 Å². The molecule has 1 aromatic rings. The van der Waals surface area contributed by atoms with Crippen molar-refractivity contribution in [1.82, 2.24) is 0 Å². The molecular formula is C18H28O4. The highest BCUT2D eigenvalue weighted by Gasteiger charge is 2.49. The lowest BCUT2D eigenvalue weighted by molar-refractivity contribution is -0.359. The van der Waals surface area contributed by atoms with Gasteiger partial charge in [0.2, 0.25) is 0 Å². The number of hydrogen-bond donors (Lipinski definition) is 1. The average Bonchev–Trinajstić information content (AvgIpc) is 2.90. The average molecular weight is 308 g/mol. The van der Waals surface area contributed by atoms with Crippen molar-refractivity contribution in [3.63, 3.8) is 0 Å². The van der Waals surface area contributed by atoms with Crippen LogP contribution in [0.4, 0.5) is 0 Å². The molecule has 0 bridgehead atoms. The van der Waals surface area contributed by atoms with Crippen LogP contribution in [0.15, 0.2) is 34.7 Å². The van der Waals surface area contributed by atoms with Crippen molar-refractivity contribution in [2.45, 2.75) is 77.5 Å². The molecule has 1 aromatic heterocycles. The Labute approximate surface area is 133 Å². The molecule has 1 saturated heterocycles. The number of hydrogen-bond acceptors (Lipinski definition) is 4. The highest BCUT2D eigenvalue weighted by Crippen LogP contribution is 2.37. The van der Waals surface area contributed by atoms with E-state index in [-0.39, 0.29) is 12.2 Å². The lowest BCUT2D eigenvalue weighted by Crippen LogP contribution is -2.61. The van der Waals surface area contributed by atoms with Crippen LogP contribution in [0.1, 0.15) is 53.0 Å². The summed E-state index contributed by atoms with van der Waals surface area (Å²) >= 11 is 0. The van der Waals surface area contributed by atoms with Crippen molar-refractivity contribution in [2.75, 3.05) is 0 Å². The third kappa shape index (κ3) is 4.22. The van der Waals surface area contributed by atoms with Crippen LogP contribution < -0.4 is 0 Å². The highest BCUT2D eigenvalue weighted by molar-refractivity contribution is 5.08. The van der Waals surface area contributed by atoms with Crippen LogP contribution >= 0.6 is 0 Å². The summed E-state index contributed by atoms with van der Waals surface area (Å²) in [5, 5.41) is 11.0. The minimum absolute atomic E-state index is 0.276. The van der Waals surface area contributed by atoms with Crippen LogP contribution in [0.25, 0.3) is 0 Å². The van der Waals surface area contributed by atoms with Crippen molar-refractivity contribution in [1.29, 1.82) is 0 Å². The summed E-state index contributed by atoms with van der Waals surface area (Å²) in [4.78, 5) is 0. The molecule has 22 heavy (non-hydrogen) atoms. The molecule has 0 spiro atoms. The Morgan fingerprint density at radius 2 is 1.91 bits per heavy atom. The minimum atomic E-state index is -1.02. The van der Waals surface area contributed by atoms with Crippen molar-refractivity contribution in [3.05, 3.63) is 35.8 Å². The molecule has 4 heteroatoms. The van der Waals surface area contributed by atoms with E-state index in [1.165, 1.54) is 5.57 Å². The number of aryl methyl sites for hydroxylation is 1. The molecule has 3 atom stereocenters. The van der Waals surface area contributed by atoms with Gasteiger partial charge in [-0.1, -0.05) is 11.6 Å². The molecule has 0 aromatic carbocycles. The van der Waals surface area contributed by atoms with Gasteiger partial charge in [0, 0.05) is 0 Å². The summed E-state index contributed by atoms with van der Waals surface area (Å²) in [6, 6.07) is 1.94. The van der Waals surface area contributed by atoms with E-state index in [0.717, 1.165) is 18.4 Å². The van der Waals surface area contributed by atoms with E-state index in [4.69, 9.17) is 13.9 Å². The van der Waals surface area contributed by atoms with E-state index in [9.17, 15) is 5.11 Å². The van der Waals surface area contributed by atoms with Gasteiger partial charge in [0.25, 0.3) is 0 Å². The van der Waals surface area contributed by atoms with Gasteiger partial charge in [-0.25, -0.2) is 0 Å². The van der Waals surface area contributed by atoms with Gasteiger partial charge in [0.05, 0.1) is 24.7 Å². The third-order valence-corrected chi connectivity index (χ3v) is 4.17. The standard InChI is InChI=1S/C18H28O4/c1-13(2)6-8-15-18(5,19)16(22-17(3,4)21-15)9-7-14-10-11-20-12-14/h6,10-12,15-16,19H,7-9H2,1-5H3/t15-,16-,18+/m1/s1. The Morgan fingerprint density at radius 3 is 2.50 bits per heavy atom. The highest BCUT2D eigenvalue weighted by atomic mass is 16.7. The Bertz CT molecular complexity index is 495. The maximum absolute atomic E-state index is 11.0. The van der Waals surface area contributed by atoms with Gasteiger partial charge in [-0.15, -0.1) is 0 Å². The van der Waals surface area contributed by atoms with Crippen LogP contribution in [0.5, 0.6) is 0 Å². The smallest absolute Gasteiger partial charge is 0.163 e. The van der Waals surface area contributed by atoms with Gasteiger partial charge in [-0.2, -0.15) is 0 Å². The molecule has 1 fully saturated rings. The molecule has 0 saturated carbocycles. The van der Waals surface area contributed by atoms with E-state index in [2.05, 4.69) is 19.9 Å². The predicted molar refractivity (Wildman–Crippen MR) is 85.5 cm³/mol. The summed E-state index contributed by atoms with van der Waals surface area (Å²) in [5.74, 6) is -0.691. The first kappa shape index (κ1) is 17.3. The fourth-order valence-electron chi connectivity index (χ4n) is 2.87. The second-order valence-electron chi connectivity index (χ2n) is 7.03. The minimum Gasteiger partial charge on any atom is -0.472 e. The van der Waals surface area contributed by atoms with E-state index >= 15 is 0 Å². The second-order valence-corrected chi connectivity index (χ2v) is 7.03. The summed E-state index contributed by atoms with van der Waals surface area (Å²) in [7, 11) is 0. The molecule has 124 valence electrons. The van der Waals surface area contributed by atoms with Crippen LogP contribution in [-0.4, -0.2) is 28.7 Å². The molecule has 1 aliphatic heterocycles. The fourth-order valence-corrected chi connectivity index (χ4v) is 2.87.